The van der Waals surface area contributed by atoms with Crippen molar-refractivity contribution < 1.29 is 4.79 Å². The molecule has 1 heterocycles. The number of carbonyl (C=O) groups excluding carboxylic acids is 1. The van der Waals surface area contributed by atoms with Crippen LogP contribution in [-0.2, 0) is 4.79 Å². The van der Waals surface area contributed by atoms with E-state index in [2.05, 4.69) is 5.32 Å². The van der Waals surface area contributed by atoms with Gasteiger partial charge in [-0.2, -0.15) is 0 Å². The van der Waals surface area contributed by atoms with Crippen LogP contribution in [-0.4, -0.2) is 43.0 Å². The van der Waals surface area contributed by atoms with Crippen molar-refractivity contribution in [1.82, 2.24) is 10.2 Å². The molecular formula is C10H19N3O. The summed E-state index contributed by atoms with van der Waals surface area (Å²) in [7, 11) is 0. The zero-order valence-electron chi connectivity index (χ0n) is 8.54. The molecular weight excluding hydrogens is 178 g/mol. The van der Waals surface area contributed by atoms with Crippen molar-refractivity contribution in [3.8, 4) is 0 Å². The van der Waals surface area contributed by atoms with E-state index in [1.807, 2.05) is 4.90 Å². The number of carbonyl (C=O) groups is 1. The van der Waals surface area contributed by atoms with Crippen LogP contribution in [0.1, 0.15) is 19.3 Å². The second-order valence-corrected chi connectivity index (χ2v) is 4.25. The van der Waals surface area contributed by atoms with Crippen molar-refractivity contribution in [3.63, 3.8) is 0 Å². The van der Waals surface area contributed by atoms with E-state index in [1.54, 1.807) is 0 Å². The van der Waals surface area contributed by atoms with E-state index in [0.29, 0.717) is 18.4 Å². The van der Waals surface area contributed by atoms with Gasteiger partial charge in [-0.05, 0) is 12.8 Å². The van der Waals surface area contributed by atoms with Crippen molar-refractivity contribution in [1.29, 1.82) is 0 Å². The van der Waals surface area contributed by atoms with E-state index < -0.39 is 0 Å². The molecule has 2 aliphatic rings. The number of nitrogens with zero attached hydrogens (tertiary/aromatic N) is 1. The number of nitrogens with two attached hydrogens (primary N) is 1. The Hall–Kier alpha value is -0.610. The molecule has 1 atom stereocenters. The van der Waals surface area contributed by atoms with E-state index in [4.69, 9.17) is 5.73 Å². The van der Waals surface area contributed by atoms with Crippen LogP contribution in [0.15, 0.2) is 0 Å². The van der Waals surface area contributed by atoms with Gasteiger partial charge in [-0.15, -0.1) is 0 Å². The minimum Gasteiger partial charge on any atom is -0.336 e. The van der Waals surface area contributed by atoms with Gasteiger partial charge >= 0.3 is 0 Å². The first-order valence-corrected chi connectivity index (χ1v) is 5.54. The van der Waals surface area contributed by atoms with Crippen molar-refractivity contribution in [2.45, 2.75) is 25.3 Å². The van der Waals surface area contributed by atoms with Crippen LogP contribution in [0.4, 0.5) is 0 Å². The summed E-state index contributed by atoms with van der Waals surface area (Å²) in [6.45, 7) is 3.17. The van der Waals surface area contributed by atoms with Crippen LogP contribution in [0, 0.1) is 5.92 Å². The van der Waals surface area contributed by atoms with E-state index in [0.717, 1.165) is 32.5 Å². The van der Waals surface area contributed by atoms with Gasteiger partial charge < -0.3 is 16.0 Å². The van der Waals surface area contributed by atoms with Gasteiger partial charge in [0.25, 0.3) is 0 Å². The maximum Gasteiger partial charge on any atom is 0.226 e. The SMILES string of the molecule is NCC1CNCCN1C(=O)C1CCC1. The molecule has 80 valence electrons. The molecule has 0 aromatic heterocycles. The molecule has 0 radical (unpaired) electrons. The molecule has 0 bridgehead atoms. The van der Waals surface area contributed by atoms with Crippen molar-refractivity contribution in [3.05, 3.63) is 0 Å². The molecule has 2 rings (SSSR count). The monoisotopic (exact) mass is 197 g/mol. The molecule has 3 N–H and O–H groups in total. The third-order valence-electron chi connectivity index (χ3n) is 3.36. The molecule has 0 aromatic carbocycles. The number of hydrogen-bond acceptors (Lipinski definition) is 3. The highest BCUT2D eigenvalue weighted by Gasteiger charge is 2.33. The molecule has 1 saturated carbocycles. The van der Waals surface area contributed by atoms with Crippen LogP contribution < -0.4 is 11.1 Å². The van der Waals surface area contributed by atoms with Crippen LogP contribution >= 0.6 is 0 Å². The standard InChI is InChI=1S/C10H19N3O/c11-6-9-7-12-4-5-13(9)10(14)8-2-1-3-8/h8-9,12H,1-7,11H2. The molecule has 1 aliphatic carbocycles. The maximum absolute atomic E-state index is 12.0. The number of piperazine rings is 1. The minimum atomic E-state index is 0.219. The van der Waals surface area contributed by atoms with Gasteiger partial charge in [0.1, 0.15) is 0 Å². The Morgan fingerprint density at radius 1 is 1.50 bits per heavy atom. The van der Waals surface area contributed by atoms with Crippen molar-refractivity contribution in [2.24, 2.45) is 11.7 Å². The highest BCUT2D eigenvalue weighted by Crippen LogP contribution is 2.28. The van der Waals surface area contributed by atoms with E-state index in [9.17, 15) is 4.79 Å². The second-order valence-electron chi connectivity index (χ2n) is 4.25. The normalized spacial score (nSPS) is 28.6. The highest BCUT2D eigenvalue weighted by molar-refractivity contribution is 5.80. The summed E-state index contributed by atoms with van der Waals surface area (Å²) < 4.78 is 0. The number of nitrogens with one attached hydrogen (secondary N) is 1. The first kappa shape index (κ1) is 9.93. The Labute approximate surface area is 84.8 Å². The average Bonchev–Trinajstić information content (AvgIpc) is 2.15. The smallest absolute Gasteiger partial charge is 0.226 e. The number of rotatable bonds is 2. The van der Waals surface area contributed by atoms with Crippen molar-refractivity contribution >= 4 is 5.91 Å². The lowest BCUT2D eigenvalue weighted by atomic mass is 9.84. The summed E-state index contributed by atoms with van der Waals surface area (Å²) in [5.41, 5.74) is 5.66. The lowest BCUT2D eigenvalue weighted by Gasteiger charge is -2.39. The average molecular weight is 197 g/mol. The molecule has 0 spiro atoms. The molecule has 1 unspecified atom stereocenters. The molecule has 2 fully saturated rings. The molecule has 4 heteroatoms. The van der Waals surface area contributed by atoms with Gasteiger partial charge in [0.2, 0.25) is 5.91 Å². The molecule has 1 amide bonds. The predicted octanol–water partition coefficient (Wildman–Crippen LogP) is -0.454. The van der Waals surface area contributed by atoms with Crippen LogP contribution in [0.3, 0.4) is 0 Å². The molecule has 14 heavy (non-hydrogen) atoms. The Balaban J connectivity index is 1.95. The fraction of sp³-hybridized carbons (Fsp3) is 0.900. The van der Waals surface area contributed by atoms with Gasteiger partial charge in [-0.3, -0.25) is 4.79 Å². The lowest BCUT2D eigenvalue weighted by molar-refractivity contribution is -0.141. The summed E-state index contributed by atoms with van der Waals surface area (Å²) in [4.78, 5) is 14.0. The second kappa shape index (κ2) is 4.28. The Morgan fingerprint density at radius 3 is 2.86 bits per heavy atom. The topological polar surface area (TPSA) is 58.4 Å². The van der Waals surface area contributed by atoms with Gasteiger partial charge in [0, 0.05) is 32.1 Å². The summed E-state index contributed by atoms with van der Waals surface area (Å²) in [5.74, 6) is 0.648. The Bertz CT molecular complexity index is 215. The zero-order valence-corrected chi connectivity index (χ0v) is 8.54. The fourth-order valence-corrected chi connectivity index (χ4v) is 2.15. The summed E-state index contributed by atoms with van der Waals surface area (Å²) in [6, 6.07) is 0.219. The molecule has 1 aliphatic heterocycles. The van der Waals surface area contributed by atoms with Crippen LogP contribution in [0.25, 0.3) is 0 Å². The number of amides is 1. The fourth-order valence-electron chi connectivity index (χ4n) is 2.15. The first-order valence-electron chi connectivity index (χ1n) is 5.54. The quantitative estimate of drug-likeness (QED) is 0.630. The highest BCUT2D eigenvalue weighted by atomic mass is 16.2. The summed E-state index contributed by atoms with van der Waals surface area (Å²) in [6.07, 6.45) is 3.38. The van der Waals surface area contributed by atoms with Gasteiger partial charge in [0.05, 0.1) is 6.04 Å². The van der Waals surface area contributed by atoms with Gasteiger partial charge in [0.15, 0.2) is 0 Å². The lowest BCUT2D eigenvalue weighted by Crippen LogP contribution is -2.58. The molecule has 0 aromatic rings. The third kappa shape index (κ3) is 1.77. The van der Waals surface area contributed by atoms with Crippen LogP contribution in [0.2, 0.25) is 0 Å². The zero-order chi connectivity index (χ0) is 9.97. The van der Waals surface area contributed by atoms with E-state index in [-0.39, 0.29) is 6.04 Å². The van der Waals surface area contributed by atoms with Crippen LogP contribution in [0.5, 0.6) is 0 Å². The summed E-state index contributed by atoms with van der Waals surface area (Å²) >= 11 is 0. The molecule has 4 nitrogen and oxygen atoms in total. The molecule has 1 saturated heterocycles. The first-order chi connectivity index (χ1) is 6.83. The number of hydrogen-bond donors (Lipinski definition) is 2. The van der Waals surface area contributed by atoms with E-state index >= 15 is 0 Å². The maximum atomic E-state index is 12.0. The van der Waals surface area contributed by atoms with Gasteiger partial charge in [-0.1, -0.05) is 6.42 Å². The Morgan fingerprint density at radius 2 is 2.29 bits per heavy atom. The minimum absolute atomic E-state index is 0.219. The summed E-state index contributed by atoms with van der Waals surface area (Å²) in [5, 5.41) is 3.27. The Kier molecular flexibility index (Phi) is 3.03. The largest absolute Gasteiger partial charge is 0.336 e. The predicted molar refractivity (Wildman–Crippen MR) is 54.8 cm³/mol. The van der Waals surface area contributed by atoms with Crippen molar-refractivity contribution in [2.75, 3.05) is 26.2 Å². The van der Waals surface area contributed by atoms with E-state index in [1.165, 1.54) is 6.42 Å². The third-order valence-corrected chi connectivity index (χ3v) is 3.36. The van der Waals surface area contributed by atoms with Gasteiger partial charge in [-0.25, -0.2) is 0 Å².